The summed E-state index contributed by atoms with van der Waals surface area (Å²) in [4.78, 5) is 9.14. The number of pyridine rings is 1. The van der Waals surface area contributed by atoms with Crippen LogP contribution in [-0.2, 0) is 17.7 Å². The molecule has 132 valence electrons. The number of nitrogens with zero attached hydrogens (tertiary/aromatic N) is 3. The number of rotatable bonds is 7. The number of imidazole rings is 1. The Balaban J connectivity index is 1.87. The summed E-state index contributed by atoms with van der Waals surface area (Å²) in [7, 11) is 0. The van der Waals surface area contributed by atoms with Crippen molar-refractivity contribution >= 4 is 33.7 Å². The Hall–Kier alpha value is -2.87. The molecule has 1 aromatic carbocycles. The first-order chi connectivity index (χ1) is 12.1. The second kappa shape index (κ2) is 7.35. The summed E-state index contributed by atoms with van der Waals surface area (Å²) in [5, 5.41) is 10.9. The van der Waals surface area contributed by atoms with Gasteiger partial charge in [0.1, 0.15) is 11.3 Å². The van der Waals surface area contributed by atoms with Gasteiger partial charge in [0.25, 0.3) is 0 Å². The topological polar surface area (TPSA) is 128 Å². The number of benzene rings is 1. The molecule has 2 heterocycles. The van der Waals surface area contributed by atoms with E-state index in [9.17, 15) is 0 Å². The van der Waals surface area contributed by atoms with Gasteiger partial charge in [-0.05, 0) is 6.07 Å². The maximum atomic E-state index is 7.11. The van der Waals surface area contributed by atoms with Crippen LogP contribution in [0.1, 0.15) is 12.7 Å². The number of nitrogen functional groups attached to an aromatic ring is 1. The lowest BCUT2D eigenvalue weighted by Gasteiger charge is -2.11. The average Bonchev–Trinajstić information content (AvgIpc) is 2.97. The number of hydrogen-bond acceptors (Lipinski definition) is 5. The van der Waals surface area contributed by atoms with Crippen LogP contribution in [0.25, 0.3) is 21.9 Å². The van der Waals surface area contributed by atoms with E-state index in [2.05, 4.69) is 26.8 Å². The number of para-hydroxylation sites is 1. The lowest BCUT2D eigenvalue weighted by Crippen LogP contribution is -2.33. The Morgan fingerprint density at radius 2 is 2.08 bits per heavy atom. The first kappa shape index (κ1) is 17.0. The summed E-state index contributed by atoms with van der Waals surface area (Å²) in [5.41, 5.74) is 14.0. The minimum atomic E-state index is -0.0492. The van der Waals surface area contributed by atoms with Gasteiger partial charge < -0.3 is 26.1 Å². The smallest absolute Gasteiger partial charge is 0.185 e. The molecule has 0 atom stereocenters. The minimum Gasteiger partial charge on any atom is -0.382 e. The number of aryl methyl sites for hydroxylation is 1. The molecule has 0 aliphatic heterocycles. The molecule has 8 heteroatoms. The number of hydrogen-bond donors (Lipinski definition) is 4. The van der Waals surface area contributed by atoms with Crippen molar-refractivity contribution < 1.29 is 4.74 Å². The Bertz CT molecular complexity index is 903. The van der Waals surface area contributed by atoms with Crippen LogP contribution in [0.3, 0.4) is 0 Å². The summed E-state index contributed by atoms with van der Waals surface area (Å²) in [6.45, 7) is 4.28. The molecule has 0 aliphatic carbocycles. The molecular formula is C17H23N7O. The van der Waals surface area contributed by atoms with Gasteiger partial charge >= 0.3 is 0 Å². The summed E-state index contributed by atoms with van der Waals surface area (Å²) < 4.78 is 7.80. The highest BCUT2D eigenvalue weighted by Gasteiger charge is 2.16. The fourth-order valence-corrected chi connectivity index (χ4v) is 2.93. The van der Waals surface area contributed by atoms with E-state index in [1.165, 1.54) is 0 Å². The van der Waals surface area contributed by atoms with E-state index in [0.717, 1.165) is 34.2 Å². The molecule has 6 N–H and O–H groups in total. The molecule has 0 bridgehead atoms. The zero-order valence-electron chi connectivity index (χ0n) is 14.2. The zero-order chi connectivity index (χ0) is 17.8. The highest BCUT2D eigenvalue weighted by molar-refractivity contribution is 6.06. The van der Waals surface area contributed by atoms with Gasteiger partial charge in [0.05, 0.1) is 24.2 Å². The van der Waals surface area contributed by atoms with Crippen LogP contribution in [0, 0.1) is 5.41 Å². The molecule has 0 aliphatic rings. The molecule has 3 aromatic rings. The zero-order valence-corrected chi connectivity index (χ0v) is 14.2. The fraction of sp³-hybridized carbons (Fsp3) is 0.353. The number of ether oxygens (including phenoxy) is 1. The molecule has 0 saturated carbocycles. The van der Waals surface area contributed by atoms with E-state index in [0.29, 0.717) is 32.1 Å². The van der Waals surface area contributed by atoms with Gasteiger partial charge in [0, 0.05) is 24.9 Å². The standard InChI is InChI=1S/C17H23N7O/c1-2-13-23-14-15(11-5-3-4-6-12(11)22-16(14)18)24(13)8-10-25-9-7-21-17(19)20/h3-6H,2,7-10H2,1H3,(H2,18,22)(H4,19,20,21). The van der Waals surface area contributed by atoms with Gasteiger partial charge in [0.2, 0.25) is 0 Å². The van der Waals surface area contributed by atoms with Crippen molar-refractivity contribution in [2.24, 2.45) is 5.73 Å². The summed E-state index contributed by atoms with van der Waals surface area (Å²) in [6, 6.07) is 7.94. The van der Waals surface area contributed by atoms with E-state index in [-0.39, 0.29) is 5.96 Å². The molecular weight excluding hydrogens is 318 g/mol. The number of nitrogens with two attached hydrogens (primary N) is 2. The molecule has 0 saturated heterocycles. The van der Waals surface area contributed by atoms with Crippen molar-refractivity contribution in [2.75, 3.05) is 25.5 Å². The van der Waals surface area contributed by atoms with Gasteiger partial charge in [-0.3, -0.25) is 5.41 Å². The Morgan fingerprint density at radius 1 is 1.28 bits per heavy atom. The van der Waals surface area contributed by atoms with Gasteiger partial charge in [-0.15, -0.1) is 0 Å². The lowest BCUT2D eigenvalue weighted by atomic mass is 10.2. The van der Waals surface area contributed by atoms with Crippen LogP contribution in [0.4, 0.5) is 5.82 Å². The van der Waals surface area contributed by atoms with Crippen LogP contribution in [-0.4, -0.2) is 40.3 Å². The predicted octanol–water partition coefficient (Wildman–Crippen LogP) is 1.23. The van der Waals surface area contributed by atoms with Crippen LogP contribution >= 0.6 is 0 Å². The largest absolute Gasteiger partial charge is 0.382 e. The SMILES string of the molecule is CCc1nc2c(N)nc3ccccc3c2n1CCOCCNC(=N)N. The number of anilines is 1. The molecule has 3 rings (SSSR count). The van der Waals surface area contributed by atoms with Crippen molar-refractivity contribution in [2.45, 2.75) is 19.9 Å². The average molecular weight is 341 g/mol. The van der Waals surface area contributed by atoms with Crippen molar-refractivity contribution in [3.05, 3.63) is 30.1 Å². The molecule has 0 fully saturated rings. The van der Waals surface area contributed by atoms with Crippen molar-refractivity contribution in [1.82, 2.24) is 19.9 Å². The maximum absolute atomic E-state index is 7.11. The van der Waals surface area contributed by atoms with Crippen molar-refractivity contribution in [1.29, 1.82) is 5.41 Å². The molecule has 0 unspecified atom stereocenters. The van der Waals surface area contributed by atoms with E-state index in [4.69, 9.17) is 21.6 Å². The van der Waals surface area contributed by atoms with Gasteiger partial charge in [0.15, 0.2) is 11.8 Å². The normalized spacial score (nSPS) is 11.2. The van der Waals surface area contributed by atoms with E-state index in [1.54, 1.807) is 0 Å². The number of fused-ring (bicyclic) bond motifs is 3. The lowest BCUT2D eigenvalue weighted by molar-refractivity contribution is 0.131. The highest BCUT2D eigenvalue weighted by Crippen LogP contribution is 2.28. The van der Waals surface area contributed by atoms with E-state index < -0.39 is 0 Å². The minimum absolute atomic E-state index is 0.0492. The Labute approximate surface area is 145 Å². The molecule has 25 heavy (non-hydrogen) atoms. The van der Waals surface area contributed by atoms with E-state index >= 15 is 0 Å². The number of guanidine groups is 1. The monoisotopic (exact) mass is 341 g/mol. The highest BCUT2D eigenvalue weighted by atomic mass is 16.5. The van der Waals surface area contributed by atoms with E-state index in [1.807, 2.05) is 24.3 Å². The molecule has 0 spiro atoms. The number of nitrogens with one attached hydrogen (secondary N) is 2. The predicted molar refractivity (Wildman–Crippen MR) is 99.6 cm³/mol. The third-order valence-corrected chi connectivity index (χ3v) is 4.03. The molecule has 0 radical (unpaired) electrons. The van der Waals surface area contributed by atoms with Crippen LogP contribution in [0.15, 0.2) is 24.3 Å². The quantitative estimate of drug-likeness (QED) is 0.291. The summed E-state index contributed by atoms with van der Waals surface area (Å²) in [5.74, 6) is 1.37. The third kappa shape index (κ3) is 3.48. The maximum Gasteiger partial charge on any atom is 0.185 e. The van der Waals surface area contributed by atoms with Crippen molar-refractivity contribution in [3.8, 4) is 0 Å². The van der Waals surface area contributed by atoms with Gasteiger partial charge in [-0.1, -0.05) is 25.1 Å². The van der Waals surface area contributed by atoms with Crippen molar-refractivity contribution in [3.63, 3.8) is 0 Å². The van der Waals surface area contributed by atoms with Crippen LogP contribution in [0.5, 0.6) is 0 Å². The second-order valence-electron chi connectivity index (χ2n) is 5.70. The molecule has 2 aromatic heterocycles. The fourth-order valence-electron chi connectivity index (χ4n) is 2.93. The third-order valence-electron chi connectivity index (χ3n) is 4.03. The summed E-state index contributed by atoms with van der Waals surface area (Å²) in [6.07, 6.45) is 0.800. The number of aromatic nitrogens is 3. The van der Waals surface area contributed by atoms with Crippen LogP contribution in [0.2, 0.25) is 0 Å². The first-order valence-corrected chi connectivity index (χ1v) is 8.30. The Kier molecular flexibility index (Phi) is 4.99. The van der Waals surface area contributed by atoms with Gasteiger partial charge in [-0.2, -0.15) is 0 Å². The molecule has 8 nitrogen and oxygen atoms in total. The van der Waals surface area contributed by atoms with Crippen LogP contribution < -0.4 is 16.8 Å². The first-order valence-electron chi connectivity index (χ1n) is 8.30. The second-order valence-corrected chi connectivity index (χ2v) is 5.70. The Morgan fingerprint density at radius 3 is 2.84 bits per heavy atom. The van der Waals surface area contributed by atoms with Gasteiger partial charge in [-0.25, -0.2) is 9.97 Å². The summed E-state index contributed by atoms with van der Waals surface area (Å²) >= 11 is 0. The molecule has 0 amide bonds.